The van der Waals surface area contributed by atoms with Gasteiger partial charge in [0.15, 0.2) is 0 Å². The van der Waals surface area contributed by atoms with Crippen molar-refractivity contribution in [2.75, 3.05) is 12.4 Å². The maximum absolute atomic E-state index is 11.4. The Morgan fingerprint density at radius 2 is 1.96 bits per heavy atom. The van der Waals surface area contributed by atoms with E-state index in [9.17, 15) is 9.59 Å². The standard InChI is InChI=1S/C17H15N3O4/c1-24-12-6-7-13-14(8-12)20-17(19-13)10-2-4-11(5-3-10)18-15(21)9-16(22)23/h2-8H,9H2,1H3,(H,18,21)(H,19,20)(H,22,23). The quantitative estimate of drug-likeness (QED) is 0.626. The van der Waals surface area contributed by atoms with E-state index in [0.717, 1.165) is 22.3 Å². The summed E-state index contributed by atoms with van der Waals surface area (Å²) < 4.78 is 5.19. The molecule has 1 heterocycles. The molecule has 0 radical (unpaired) electrons. The number of fused-ring (bicyclic) bond motifs is 1. The van der Waals surface area contributed by atoms with Crippen molar-refractivity contribution in [3.05, 3.63) is 42.5 Å². The van der Waals surface area contributed by atoms with Crippen molar-refractivity contribution in [3.8, 4) is 17.1 Å². The highest BCUT2D eigenvalue weighted by molar-refractivity contribution is 6.01. The van der Waals surface area contributed by atoms with Gasteiger partial charge in [-0.15, -0.1) is 0 Å². The molecular formula is C17H15N3O4. The van der Waals surface area contributed by atoms with E-state index in [-0.39, 0.29) is 0 Å². The average molecular weight is 325 g/mol. The summed E-state index contributed by atoms with van der Waals surface area (Å²) in [4.78, 5) is 29.7. The van der Waals surface area contributed by atoms with Crippen molar-refractivity contribution >= 4 is 28.6 Å². The van der Waals surface area contributed by atoms with Crippen LogP contribution in [0.2, 0.25) is 0 Å². The van der Waals surface area contributed by atoms with E-state index in [0.29, 0.717) is 11.5 Å². The number of rotatable bonds is 5. The van der Waals surface area contributed by atoms with Gasteiger partial charge in [0.1, 0.15) is 18.0 Å². The van der Waals surface area contributed by atoms with Crippen LogP contribution in [0.15, 0.2) is 42.5 Å². The molecule has 1 amide bonds. The van der Waals surface area contributed by atoms with E-state index in [2.05, 4.69) is 15.3 Å². The monoisotopic (exact) mass is 325 g/mol. The molecule has 24 heavy (non-hydrogen) atoms. The number of benzene rings is 2. The predicted molar refractivity (Wildman–Crippen MR) is 89.0 cm³/mol. The number of aliphatic carboxylic acids is 1. The summed E-state index contributed by atoms with van der Waals surface area (Å²) in [5.41, 5.74) is 3.07. The van der Waals surface area contributed by atoms with Crippen LogP contribution in [0.1, 0.15) is 6.42 Å². The summed E-state index contributed by atoms with van der Waals surface area (Å²) in [6.45, 7) is 0. The number of carboxylic acid groups (broad SMARTS) is 1. The van der Waals surface area contributed by atoms with Crippen molar-refractivity contribution in [2.24, 2.45) is 0 Å². The van der Waals surface area contributed by atoms with Gasteiger partial charge in [-0.1, -0.05) is 0 Å². The Morgan fingerprint density at radius 3 is 2.62 bits per heavy atom. The SMILES string of the molecule is COc1ccc2nc(-c3ccc(NC(=O)CC(=O)O)cc3)[nH]c2c1. The number of amides is 1. The molecule has 7 nitrogen and oxygen atoms in total. The molecule has 0 aliphatic carbocycles. The van der Waals surface area contributed by atoms with Crippen LogP contribution < -0.4 is 10.1 Å². The molecule has 3 rings (SSSR count). The Bertz CT molecular complexity index is 900. The third-order valence-electron chi connectivity index (χ3n) is 3.44. The minimum atomic E-state index is -1.16. The maximum Gasteiger partial charge on any atom is 0.312 e. The number of carboxylic acids is 1. The van der Waals surface area contributed by atoms with Gasteiger partial charge in [0.25, 0.3) is 0 Å². The molecule has 7 heteroatoms. The van der Waals surface area contributed by atoms with Crippen molar-refractivity contribution in [1.82, 2.24) is 9.97 Å². The van der Waals surface area contributed by atoms with Gasteiger partial charge in [-0.3, -0.25) is 9.59 Å². The molecule has 0 saturated heterocycles. The molecule has 3 N–H and O–H groups in total. The third kappa shape index (κ3) is 3.35. The van der Waals surface area contributed by atoms with E-state index >= 15 is 0 Å². The second-order valence-corrected chi connectivity index (χ2v) is 5.16. The molecule has 0 saturated carbocycles. The van der Waals surface area contributed by atoms with Gasteiger partial charge in [-0.05, 0) is 36.4 Å². The number of hydrogen-bond donors (Lipinski definition) is 3. The van der Waals surface area contributed by atoms with Crippen LogP contribution in [-0.2, 0) is 9.59 Å². The van der Waals surface area contributed by atoms with Crippen molar-refractivity contribution < 1.29 is 19.4 Å². The number of carbonyl (C=O) groups is 2. The second-order valence-electron chi connectivity index (χ2n) is 5.16. The molecule has 0 aliphatic heterocycles. The van der Waals surface area contributed by atoms with E-state index in [1.54, 1.807) is 31.4 Å². The van der Waals surface area contributed by atoms with Crippen molar-refractivity contribution in [1.29, 1.82) is 0 Å². The molecule has 3 aromatic rings. The lowest BCUT2D eigenvalue weighted by Crippen LogP contribution is -2.15. The van der Waals surface area contributed by atoms with Crippen LogP contribution in [0.5, 0.6) is 5.75 Å². The lowest BCUT2D eigenvalue weighted by atomic mass is 10.2. The van der Waals surface area contributed by atoms with Crippen LogP contribution in [0, 0.1) is 0 Å². The Kier molecular flexibility index (Phi) is 4.15. The first kappa shape index (κ1) is 15.5. The van der Waals surface area contributed by atoms with Crippen LogP contribution in [-0.4, -0.2) is 34.1 Å². The molecule has 0 aliphatic rings. The van der Waals surface area contributed by atoms with Crippen LogP contribution in [0.3, 0.4) is 0 Å². The normalized spacial score (nSPS) is 10.5. The van der Waals surface area contributed by atoms with Crippen LogP contribution >= 0.6 is 0 Å². The zero-order valence-corrected chi connectivity index (χ0v) is 12.9. The van der Waals surface area contributed by atoms with Crippen LogP contribution in [0.25, 0.3) is 22.4 Å². The largest absolute Gasteiger partial charge is 0.497 e. The third-order valence-corrected chi connectivity index (χ3v) is 3.44. The molecule has 0 atom stereocenters. The molecule has 2 aromatic carbocycles. The number of H-pyrrole nitrogens is 1. The predicted octanol–water partition coefficient (Wildman–Crippen LogP) is 2.65. The highest BCUT2D eigenvalue weighted by Gasteiger charge is 2.09. The summed E-state index contributed by atoms with van der Waals surface area (Å²) in [5, 5.41) is 11.1. The molecular weight excluding hydrogens is 310 g/mol. The Balaban J connectivity index is 1.80. The number of carbonyl (C=O) groups excluding carboxylic acids is 1. The lowest BCUT2D eigenvalue weighted by molar-refractivity contribution is -0.139. The number of nitrogens with one attached hydrogen (secondary N) is 2. The van der Waals surface area contributed by atoms with Gasteiger partial charge in [-0.25, -0.2) is 4.98 Å². The number of imidazole rings is 1. The molecule has 0 unspecified atom stereocenters. The van der Waals surface area contributed by atoms with Gasteiger partial charge in [0.2, 0.25) is 5.91 Å². The molecule has 0 fully saturated rings. The number of aromatic nitrogens is 2. The maximum atomic E-state index is 11.4. The van der Waals surface area contributed by atoms with E-state index in [1.807, 2.05) is 18.2 Å². The number of methoxy groups -OCH3 is 1. The lowest BCUT2D eigenvalue weighted by Gasteiger charge is -2.04. The second kappa shape index (κ2) is 6.41. The molecule has 0 bridgehead atoms. The smallest absolute Gasteiger partial charge is 0.312 e. The summed E-state index contributed by atoms with van der Waals surface area (Å²) in [6.07, 6.45) is -0.562. The number of anilines is 1. The molecule has 122 valence electrons. The van der Waals surface area contributed by atoms with Gasteiger partial charge in [0, 0.05) is 17.3 Å². The van der Waals surface area contributed by atoms with Gasteiger partial charge in [0.05, 0.1) is 18.1 Å². The van der Waals surface area contributed by atoms with Gasteiger partial charge < -0.3 is 20.1 Å². The summed E-state index contributed by atoms with van der Waals surface area (Å²) >= 11 is 0. The number of hydrogen-bond acceptors (Lipinski definition) is 4. The fourth-order valence-corrected chi connectivity index (χ4v) is 2.31. The first-order valence-corrected chi connectivity index (χ1v) is 7.21. The zero-order valence-electron chi connectivity index (χ0n) is 12.9. The van der Waals surface area contributed by atoms with E-state index < -0.39 is 18.3 Å². The first-order chi connectivity index (χ1) is 11.5. The van der Waals surface area contributed by atoms with Crippen molar-refractivity contribution in [3.63, 3.8) is 0 Å². The number of aromatic amines is 1. The Labute approximate surface area is 137 Å². The topological polar surface area (TPSA) is 104 Å². The zero-order chi connectivity index (χ0) is 17.1. The van der Waals surface area contributed by atoms with Crippen LogP contribution in [0.4, 0.5) is 5.69 Å². The Hall–Kier alpha value is -3.35. The minimum absolute atomic E-state index is 0.530. The summed E-state index contributed by atoms with van der Waals surface area (Å²) in [5.74, 6) is -0.288. The molecule has 1 aromatic heterocycles. The summed E-state index contributed by atoms with van der Waals surface area (Å²) in [7, 11) is 1.61. The average Bonchev–Trinajstić information content (AvgIpc) is 2.97. The van der Waals surface area contributed by atoms with E-state index in [1.165, 1.54) is 0 Å². The number of ether oxygens (including phenoxy) is 1. The first-order valence-electron chi connectivity index (χ1n) is 7.21. The molecule has 0 spiro atoms. The number of nitrogens with zero attached hydrogens (tertiary/aromatic N) is 1. The van der Waals surface area contributed by atoms with Crippen molar-refractivity contribution in [2.45, 2.75) is 6.42 Å². The fourth-order valence-electron chi connectivity index (χ4n) is 2.31. The van der Waals surface area contributed by atoms with Gasteiger partial charge >= 0.3 is 5.97 Å². The summed E-state index contributed by atoms with van der Waals surface area (Å²) in [6, 6.07) is 12.6. The Morgan fingerprint density at radius 1 is 1.21 bits per heavy atom. The fraction of sp³-hybridized carbons (Fsp3) is 0.118. The highest BCUT2D eigenvalue weighted by Crippen LogP contribution is 2.24. The minimum Gasteiger partial charge on any atom is -0.497 e. The highest BCUT2D eigenvalue weighted by atomic mass is 16.5. The van der Waals surface area contributed by atoms with E-state index in [4.69, 9.17) is 9.84 Å². The van der Waals surface area contributed by atoms with Gasteiger partial charge in [-0.2, -0.15) is 0 Å².